The van der Waals surface area contributed by atoms with E-state index in [0.717, 1.165) is 12.1 Å². The van der Waals surface area contributed by atoms with Crippen LogP contribution >= 0.6 is 11.3 Å². The second kappa shape index (κ2) is 5.43. The molecule has 1 nitrogen and oxygen atoms in total. The van der Waals surface area contributed by atoms with E-state index in [2.05, 4.69) is 29.8 Å². The largest absolute Gasteiger partial charge is 0.305 e. The molecule has 0 amide bonds. The fourth-order valence-corrected chi connectivity index (χ4v) is 2.48. The van der Waals surface area contributed by atoms with Gasteiger partial charge in [0.1, 0.15) is 5.82 Å². The minimum atomic E-state index is -0.139. The van der Waals surface area contributed by atoms with Crippen LogP contribution in [0.3, 0.4) is 0 Å². The molecule has 0 aliphatic rings. The molecule has 0 aliphatic carbocycles. The maximum absolute atomic E-state index is 13.1. The molecule has 1 N–H and O–H groups in total. The minimum Gasteiger partial charge on any atom is -0.305 e. The van der Waals surface area contributed by atoms with Crippen LogP contribution in [0, 0.1) is 12.7 Å². The first kappa shape index (κ1) is 12.3. The van der Waals surface area contributed by atoms with E-state index in [1.807, 2.05) is 12.1 Å². The van der Waals surface area contributed by atoms with Crippen LogP contribution in [0.15, 0.2) is 35.7 Å². The first-order valence-corrected chi connectivity index (χ1v) is 6.56. The van der Waals surface area contributed by atoms with E-state index in [-0.39, 0.29) is 5.82 Å². The number of nitrogens with one attached hydrogen (secondary N) is 1. The average Bonchev–Trinajstić information content (AvgIpc) is 2.84. The average molecular weight is 249 g/mol. The van der Waals surface area contributed by atoms with Crippen LogP contribution in [0.4, 0.5) is 4.39 Å². The number of rotatable bonds is 4. The highest BCUT2D eigenvalue weighted by Crippen LogP contribution is 2.18. The number of aryl methyl sites for hydroxylation is 1. The summed E-state index contributed by atoms with van der Waals surface area (Å²) in [4.78, 5) is 1.32. The molecule has 0 fully saturated rings. The van der Waals surface area contributed by atoms with Crippen molar-refractivity contribution in [2.75, 3.05) is 0 Å². The van der Waals surface area contributed by atoms with Gasteiger partial charge in [0.25, 0.3) is 0 Å². The van der Waals surface area contributed by atoms with Gasteiger partial charge in [0, 0.05) is 17.5 Å². The highest BCUT2D eigenvalue weighted by Gasteiger charge is 2.06. The molecule has 1 atom stereocenters. The van der Waals surface area contributed by atoms with Crippen LogP contribution in [0.2, 0.25) is 0 Å². The zero-order chi connectivity index (χ0) is 12.3. The van der Waals surface area contributed by atoms with E-state index in [1.165, 1.54) is 10.9 Å². The van der Waals surface area contributed by atoms with Gasteiger partial charge in [-0.2, -0.15) is 0 Å². The number of hydrogen-bond donors (Lipinski definition) is 1. The molecule has 17 heavy (non-hydrogen) atoms. The summed E-state index contributed by atoms with van der Waals surface area (Å²) in [5.74, 6) is -0.139. The zero-order valence-electron chi connectivity index (χ0n) is 10.0. The molecule has 0 spiro atoms. The third-order valence-corrected chi connectivity index (χ3v) is 3.86. The quantitative estimate of drug-likeness (QED) is 0.862. The molecule has 1 aromatic carbocycles. The van der Waals surface area contributed by atoms with Crippen LogP contribution in [0.25, 0.3) is 0 Å². The maximum Gasteiger partial charge on any atom is 0.126 e. The molecule has 0 radical (unpaired) electrons. The normalized spacial score (nSPS) is 12.6. The molecule has 2 aromatic rings. The number of halogens is 1. The third-order valence-electron chi connectivity index (χ3n) is 2.80. The van der Waals surface area contributed by atoms with Crippen molar-refractivity contribution in [1.82, 2.24) is 5.32 Å². The first-order valence-electron chi connectivity index (χ1n) is 5.68. The van der Waals surface area contributed by atoms with Gasteiger partial charge in [0.15, 0.2) is 0 Å². The predicted molar refractivity (Wildman–Crippen MR) is 70.7 cm³/mol. The van der Waals surface area contributed by atoms with Gasteiger partial charge in [-0.15, -0.1) is 11.3 Å². The fourth-order valence-electron chi connectivity index (χ4n) is 1.73. The summed E-state index contributed by atoms with van der Waals surface area (Å²) < 4.78 is 13.1. The molecule has 3 heteroatoms. The summed E-state index contributed by atoms with van der Waals surface area (Å²) in [6.45, 7) is 4.70. The minimum absolute atomic E-state index is 0.139. The van der Waals surface area contributed by atoms with Gasteiger partial charge >= 0.3 is 0 Å². The summed E-state index contributed by atoms with van der Waals surface area (Å²) in [7, 11) is 0. The number of benzene rings is 1. The predicted octanol–water partition coefficient (Wildman–Crippen LogP) is 4.05. The van der Waals surface area contributed by atoms with Crippen molar-refractivity contribution in [3.05, 3.63) is 57.5 Å². The maximum atomic E-state index is 13.1. The molecular formula is C14H16FNS. The van der Waals surface area contributed by atoms with Gasteiger partial charge < -0.3 is 5.32 Å². The van der Waals surface area contributed by atoms with Gasteiger partial charge in [0.2, 0.25) is 0 Å². The third kappa shape index (κ3) is 3.14. The van der Waals surface area contributed by atoms with Crippen LogP contribution in [-0.4, -0.2) is 0 Å². The van der Waals surface area contributed by atoms with Crippen molar-refractivity contribution in [1.29, 1.82) is 0 Å². The van der Waals surface area contributed by atoms with Crippen LogP contribution < -0.4 is 5.32 Å². The summed E-state index contributed by atoms with van der Waals surface area (Å²) in [6, 6.07) is 9.76. The topological polar surface area (TPSA) is 12.0 Å². The first-order chi connectivity index (χ1) is 8.16. The van der Waals surface area contributed by atoms with Gasteiger partial charge in [-0.3, -0.25) is 0 Å². The lowest BCUT2D eigenvalue weighted by Crippen LogP contribution is -2.17. The molecule has 0 saturated heterocycles. The van der Waals surface area contributed by atoms with Gasteiger partial charge in [-0.05, 0) is 42.5 Å². The molecule has 1 unspecified atom stereocenters. The summed E-state index contributed by atoms with van der Waals surface area (Å²) in [5.41, 5.74) is 1.82. The lowest BCUT2D eigenvalue weighted by molar-refractivity contribution is 0.579. The Bertz CT molecular complexity index is 479. The molecule has 2 rings (SSSR count). The van der Waals surface area contributed by atoms with Crippen molar-refractivity contribution in [3.63, 3.8) is 0 Å². The Kier molecular flexibility index (Phi) is 3.92. The molecule has 1 aromatic heterocycles. The van der Waals surface area contributed by atoms with Crippen molar-refractivity contribution in [3.8, 4) is 0 Å². The van der Waals surface area contributed by atoms with E-state index in [1.54, 1.807) is 18.3 Å². The summed E-state index contributed by atoms with van der Waals surface area (Å²) >= 11 is 1.75. The van der Waals surface area contributed by atoms with E-state index in [9.17, 15) is 4.39 Å². The highest BCUT2D eigenvalue weighted by atomic mass is 32.1. The standard InChI is InChI=1S/C14H16FNS/c1-10-8-12(5-6-13(10)15)9-16-11(2)14-4-3-7-17-14/h3-8,11,16H,9H2,1-2H3. The molecule has 1 heterocycles. The van der Waals surface area contributed by atoms with Crippen molar-refractivity contribution in [2.24, 2.45) is 0 Å². The molecule has 0 aliphatic heterocycles. The van der Waals surface area contributed by atoms with E-state index < -0.39 is 0 Å². The Morgan fingerprint density at radius 2 is 2.18 bits per heavy atom. The zero-order valence-corrected chi connectivity index (χ0v) is 10.9. The fraction of sp³-hybridized carbons (Fsp3) is 0.286. The van der Waals surface area contributed by atoms with Crippen molar-refractivity contribution in [2.45, 2.75) is 26.4 Å². The van der Waals surface area contributed by atoms with Crippen LogP contribution in [-0.2, 0) is 6.54 Å². The lowest BCUT2D eigenvalue weighted by atomic mass is 10.1. The van der Waals surface area contributed by atoms with E-state index >= 15 is 0 Å². The number of hydrogen-bond acceptors (Lipinski definition) is 2. The van der Waals surface area contributed by atoms with E-state index in [4.69, 9.17) is 0 Å². The van der Waals surface area contributed by atoms with Gasteiger partial charge in [-0.1, -0.05) is 18.2 Å². The Morgan fingerprint density at radius 3 is 2.82 bits per heavy atom. The van der Waals surface area contributed by atoms with Crippen molar-refractivity contribution < 1.29 is 4.39 Å². The highest BCUT2D eigenvalue weighted by molar-refractivity contribution is 7.10. The molecular weight excluding hydrogens is 233 g/mol. The van der Waals surface area contributed by atoms with Gasteiger partial charge in [0.05, 0.1) is 0 Å². The Balaban J connectivity index is 1.96. The Labute approximate surface area is 105 Å². The Hall–Kier alpha value is -1.19. The van der Waals surface area contributed by atoms with Crippen LogP contribution in [0.1, 0.15) is 29.0 Å². The van der Waals surface area contributed by atoms with Crippen LogP contribution in [0.5, 0.6) is 0 Å². The second-order valence-corrected chi connectivity index (χ2v) is 5.18. The number of thiophene rings is 1. The van der Waals surface area contributed by atoms with Gasteiger partial charge in [-0.25, -0.2) is 4.39 Å². The van der Waals surface area contributed by atoms with Crippen molar-refractivity contribution >= 4 is 11.3 Å². The Morgan fingerprint density at radius 1 is 1.35 bits per heavy atom. The molecule has 0 saturated carbocycles. The summed E-state index contributed by atoms with van der Waals surface area (Å²) in [6.07, 6.45) is 0. The monoisotopic (exact) mass is 249 g/mol. The second-order valence-electron chi connectivity index (χ2n) is 4.20. The molecule has 0 bridgehead atoms. The smallest absolute Gasteiger partial charge is 0.126 e. The lowest BCUT2D eigenvalue weighted by Gasteiger charge is -2.12. The molecule has 90 valence electrons. The SMILES string of the molecule is Cc1cc(CNC(C)c2cccs2)ccc1F. The van der Waals surface area contributed by atoms with E-state index in [0.29, 0.717) is 11.6 Å². The summed E-state index contributed by atoms with van der Waals surface area (Å²) in [5, 5.41) is 5.51.